The number of cyclic esters (lactones) is 1. The van der Waals surface area contributed by atoms with Gasteiger partial charge >= 0.3 is 11.9 Å². The van der Waals surface area contributed by atoms with Gasteiger partial charge in [-0.1, -0.05) is 44.7 Å². The van der Waals surface area contributed by atoms with Crippen LogP contribution in [-0.4, -0.2) is 40.4 Å². The zero-order valence-corrected chi connectivity index (χ0v) is 17.0. The highest BCUT2D eigenvalue weighted by atomic mass is 32.2. The molecule has 0 amide bonds. The van der Waals surface area contributed by atoms with Gasteiger partial charge < -0.3 is 14.5 Å². The van der Waals surface area contributed by atoms with Gasteiger partial charge in [0.1, 0.15) is 6.10 Å². The number of nitrogens with one attached hydrogen (secondary N) is 1. The third kappa shape index (κ3) is 3.45. The molecular formula is C20H26N2O4S. The molecule has 3 rings (SSSR count). The van der Waals surface area contributed by atoms with Crippen LogP contribution in [0, 0.1) is 10.8 Å². The van der Waals surface area contributed by atoms with Crippen molar-refractivity contribution >= 4 is 34.7 Å². The minimum absolute atomic E-state index is 0.242. The molecule has 0 saturated carbocycles. The standard InChI is InChI=1S/C20H26N2O4S/c1-5-19(3,4)20(16(23)25-6-2)11-13(26-17(20)24)12-27-18-21-14-9-7-8-10-15(14)22-18/h7-10,13H,5-6,11-12H2,1-4H3,(H,21,22)/t13-,20-/m0/s1. The van der Waals surface area contributed by atoms with Crippen molar-refractivity contribution in [3.63, 3.8) is 0 Å². The topological polar surface area (TPSA) is 81.3 Å². The lowest BCUT2D eigenvalue weighted by molar-refractivity contribution is -0.173. The fourth-order valence-electron chi connectivity index (χ4n) is 3.53. The van der Waals surface area contributed by atoms with Crippen LogP contribution in [0.3, 0.4) is 0 Å². The Kier molecular flexibility index (Phi) is 5.51. The molecule has 1 fully saturated rings. The van der Waals surface area contributed by atoms with E-state index in [9.17, 15) is 9.59 Å². The van der Waals surface area contributed by atoms with Crippen molar-refractivity contribution in [3.8, 4) is 0 Å². The van der Waals surface area contributed by atoms with Crippen LogP contribution in [0.1, 0.15) is 40.5 Å². The number of hydrogen-bond donors (Lipinski definition) is 1. The van der Waals surface area contributed by atoms with Crippen molar-refractivity contribution in [3.05, 3.63) is 24.3 Å². The van der Waals surface area contributed by atoms with Gasteiger partial charge in [0.25, 0.3) is 0 Å². The van der Waals surface area contributed by atoms with Crippen molar-refractivity contribution in [2.75, 3.05) is 12.4 Å². The van der Waals surface area contributed by atoms with Crippen LogP contribution in [0.4, 0.5) is 0 Å². The first-order valence-electron chi connectivity index (χ1n) is 9.30. The number of aromatic amines is 1. The first-order chi connectivity index (χ1) is 12.8. The van der Waals surface area contributed by atoms with Crippen LogP contribution in [-0.2, 0) is 19.1 Å². The minimum atomic E-state index is -1.25. The third-order valence-electron chi connectivity index (χ3n) is 5.59. The van der Waals surface area contributed by atoms with E-state index in [1.165, 1.54) is 11.8 Å². The lowest BCUT2D eigenvalue weighted by Crippen LogP contribution is -2.49. The molecule has 1 aromatic carbocycles. The minimum Gasteiger partial charge on any atom is -0.465 e. The van der Waals surface area contributed by atoms with Gasteiger partial charge in [-0.2, -0.15) is 0 Å². The van der Waals surface area contributed by atoms with Gasteiger partial charge in [-0.05, 0) is 30.9 Å². The number of esters is 2. The maximum Gasteiger partial charge on any atom is 0.324 e. The zero-order chi connectivity index (χ0) is 19.7. The van der Waals surface area contributed by atoms with Crippen molar-refractivity contribution in [1.82, 2.24) is 9.97 Å². The molecule has 2 aromatic rings. The van der Waals surface area contributed by atoms with Crippen LogP contribution in [0.2, 0.25) is 0 Å². The van der Waals surface area contributed by atoms with Crippen molar-refractivity contribution in [2.24, 2.45) is 10.8 Å². The fourth-order valence-corrected chi connectivity index (χ4v) is 4.41. The summed E-state index contributed by atoms with van der Waals surface area (Å²) in [4.78, 5) is 33.4. The van der Waals surface area contributed by atoms with Gasteiger partial charge in [-0.15, -0.1) is 0 Å². The molecule has 146 valence electrons. The number of hydrogen-bond acceptors (Lipinski definition) is 6. The second-order valence-corrected chi connectivity index (χ2v) is 8.47. The number of para-hydroxylation sites is 2. The molecule has 2 heterocycles. The normalized spacial score (nSPS) is 22.8. The van der Waals surface area contributed by atoms with E-state index < -0.39 is 22.8 Å². The molecule has 1 saturated heterocycles. The van der Waals surface area contributed by atoms with Crippen molar-refractivity contribution in [2.45, 2.75) is 51.8 Å². The molecule has 0 spiro atoms. The summed E-state index contributed by atoms with van der Waals surface area (Å²) < 4.78 is 10.9. The van der Waals surface area contributed by atoms with E-state index in [-0.39, 0.29) is 12.7 Å². The Bertz CT molecular complexity index is 814. The van der Waals surface area contributed by atoms with Crippen molar-refractivity contribution < 1.29 is 19.1 Å². The largest absolute Gasteiger partial charge is 0.465 e. The van der Waals surface area contributed by atoms with E-state index in [0.717, 1.165) is 16.2 Å². The first-order valence-corrected chi connectivity index (χ1v) is 10.3. The second-order valence-electron chi connectivity index (χ2n) is 7.46. The summed E-state index contributed by atoms with van der Waals surface area (Å²) in [6, 6.07) is 7.81. The van der Waals surface area contributed by atoms with E-state index in [1.807, 2.05) is 45.0 Å². The average molecular weight is 391 g/mol. The van der Waals surface area contributed by atoms with Crippen LogP contribution in [0.5, 0.6) is 0 Å². The Morgan fingerprint density at radius 3 is 2.81 bits per heavy atom. The van der Waals surface area contributed by atoms with Crippen LogP contribution in [0.25, 0.3) is 11.0 Å². The highest BCUT2D eigenvalue weighted by molar-refractivity contribution is 7.99. The predicted octanol–water partition coefficient (Wildman–Crippen LogP) is 3.96. The first kappa shape index (κ1) is 19.7. The lowest BCUT2D eigenvalue weighted by Gasteiger charge is -2.38. The maximum atomic E-state index is 12.8. The molecule has 0 unspecified atom stereocenters. The molecule has 2 atom stereocenters. The predicted molar refractivity (Wildman–Crippen MR) is 104 cm³/mol. The maximum absolute atomic E-state index is 12.8. The number of carbonyl (C=O) groups excluding carboxylic acids is 2. The number of aromatic nitrogens is 2. The number of fused-ring (bicyclic) bond motifs is 1. The summed E-state index contributed by atoms with van der Waals surface area (Å²) in [5.74, 6) is -0.409. The highest BCUT2D eigenvalue weighted by Crippen LogP contribution is 2.51. The molecule has 1 aliphatic heterocycles. The van der Waals surface area contributed by atoms with Crippen LogP contribution in [0.15, 0.2) is 29.4 Å². The van der Waals surface area contributed by atoms with Gasteiger partial charge in [0.05, 0.1) is 17.6 Å². The molecule has 27 heavy (non-hydrogen) atoms. The number of rotatable bonds is 7. The smallest absolute Gasteiger partial charge is 0.324 e. The van der Waals surface area contributed by atoms with Gasteiger partial charge in [-0.3, -0.25) is 9.59 Å². The van der Waals surface area contributed by atoms with E-state index in [0.29, 0.717) is 18.6 Å². The van der Waals surface area contributed by atoms with Crippen molar-refractivity contribution in [1.29, 1.82) is 0 Å². The second kappa shape index (κ2) is 7.54. The van der Waals surface area contributed by atoms with E-state index in [1.54, 1.807) is 6.92 Å². The number of nitrogens with zero attached hydrogens (tertiary/aromatic N) is 1. The summed E-state index contributed by atoms with van der Waals surface area (Å²) in [7, 11) is 0. The number of thioether (sulfide) groups is 1. The number of H-pyrrole nitrogens is 1. The van der Waals surface area contributed by atoms with Gasteiger partial charge in [-0.25, -0.2) is 4.98 Å². The Morgan fingerprint density at radius 2 is 2.15 bits per heavy atom. The monoisotopic (exact) mass is 390 g/mol. The molecule has 0 aliphatic carbocycles. The van der Waals surface area contributed by atoms with Gasteiger partial charge in [0, 0.05) is 12.2 Å². The number of carbonyl (C=O) groups is 2. The van der Waals surface area contributed by atoms with Crippen LogP contribution >= 0.6 is 11.8 Å². The molecule has 0 bridgehead atoms. The molecule has 6 nitrogen and oxygen atoms in total. The van der Waals surface area contributed by atoms with Gasteiger partial charge in [0.15, 0.2) is 10.6 Å². The van der Waals surface area contributed by atoms with Crippen LogP contribution < -0.4 is 0 Å². The molecule has 0 radical (unpaired) electrons. The zero-order valence-electron chi connectivity index (χ0n) is 16.2. The Morgan fingerprint density at radius 1 is 1.41 bits per heavy atom. The molecule has 1 aromatic heterocycles. The average Bonchev–Trinajstić information content (AvgIpc) is 3.21. The molecular weight excluding hydrogens is 364 g/mol. The third-order valence-corrected chi connectivity index (χ3v) is 6.60. The molecule has 1 N–H and O–H groups in total. The summed E-state index contributed by atoms with van der Waals surface area (Å²) in [5.41, 5.74) is 0.0687. The Labute approximate surface area is 163 Å². The fraction of sp³-hybridized carbons (Fsp3) is 0.550. The summed E-state index contributed by atoms with van der Waals surface area (Å²) >= 11 is 1.49. The Balaban J connectivity index is 1.76. The SMILES string of the molecule is CCOC(=O)[C@@]1(C(C)(C)CC)C[C@@H](CSc2nc3ccccc3[nH]2)OC1=O. The van der Waals surface area contributed by atoms with E-state index >= 15 is 0 Å². The highest BCUT2D eigenvalue weighted by Gasteiger charge is 2.63. The summed E-state index contributed by atoms with van der Waals surface area (Å²) in [6.07, 6.45) is 0.647. The molecule has 7 heteroatoms. The number of imidazole rings is 1. The Hall–Kier alpha value is -2.02. The molecule has 1 aliphatic rings. The van der Waals surface area contributed by atoms with E-state index in [4.69, 9.17) is 9.47 Å². The quantitative estimate of drug-likeness (QED) is 0.438. The number of ether oxygens (including phenoxy) is 2. The van der Waals surface area contributed by atoms with Gasteiger partial charge in [0.2, 0.25) is 0 Å². The number of benzene rings is 1. The summed E-state index contributed by atoms with van der Waals surface area (Å²) in [6.45, 7) is 7.83. The summed E-state index contributed by atoms with van der Waals surface area (Å²) in [5, 5.41) is 0.774. The lowest BCUT2D eigenvalue weighted by atomic mass is 9.62. The van der Waals surface area contributed by atoms with E-state index in [2.05, 4.69) is 9.97 Å².